The Morgan fingerprint density at radius 2 is 1.89 bits per heavy atom. The number of benzene rings is 2. The quantitative estimate of drug-likeness (QED) is 0.343. The van der Waals surface area contributed by atoms with E-state index in [9.17, 15) is 4.79 Å². The van der Waals surface area contributed by atoms with Gasteiger partial charge < -0.3 is 19.2 Å². The Hall–Kier alpha value is -3.20. The van der Waals surface area contributed by atoms with Gasteiger partial charge in [-0.2, -0.15) is 5.10 Å². The van der Waals surface area contributed by atoms with Crippen LogP contribution in [-0.4, -0.2) is 49.2 Å². The number of aromatic amines is 1. The van der Waals surface area contributed by atoms with Gasteiger partial charge in [0.2, 0.25) is 5.75 Å². The zero-order valence-corrected chi connectivity index (χ0v) is 16.5. The first kappa shape index (κ1) is 19.6. The summed E-state index contributed by atoms with van der Waals surface area (Å²) in [7, 11) is 4.61. The fraction of sp³-hybridized carbons (Fsp3) is 0.211. The molecule has 1 heterocycles. The number of hydrazone groups is 1. The smallest absolute Gasteiger partial charge is 0.250 e. The molecule has 0 aliphatic rings. The maximum Gasteiger partial charge on any atom is 0.250 e. The second-order valence-corrected chi connectivity index (χ2v) is 6.56. The van der Waals surface area contributed by atoms with E-state index in [1.807, 2.05) is 24.3 Å². The van der Waals surface area contributed by atoms with Crippen LogP contribution >= 0.6 is 11.8 Å². The van der Waals surface area contributed by atoms with Crippen molar-refractivity contribution in [2.45, 2.75) is 5.16 Å². The molecule has 8 nitrogen and oxygen atoms in total. The van der Waals surface area contributed by atoms with Gasteiger partial charge in [-0.1, -0.05) is 23.9 Å². The predicted molar refractivity (Wildman–Crippen MR) is 109 cm³/mol. The van der Waals surface area contributed by atoms with Gasteiger partial charge in [0.25, 0.3) is 5.91 Å². The number of ether oxygens (including phenoxy) is 3. The van der Waals surface area contributed by atoms with Crippen molar-refractivity contribution in [3.63, 3.8) is 0 Å². The number of nitrogens with zero attached hydrogens (tertiary/aromatic N) is 2. The van der Waals surface area contributed by atoms with E-state index in [4.69, 9.17) is 14.2 Å². The summed E-state index contributed by atoms with van der Waals surface area (Å²) in [6.45, 7) is 0. The maximum atomic E-state index is 12.0. The Morgan fingerprint density at radius 1 is 1.18 bits per heavy atom. The molecule has 0 bridgehead atoms. The topological polar surface area (TPSA) is 97.8 Å². The van der Waals surface area contributed by atoms with E-state index in [2.05, 4.69) is 20.5 Å². The molecular weight excluding hydrogens is 380 g/mol. The molecule has 1 aromatic heterocycles. The summed E-state index contributed by atoms with van der Waals surface area (Å²) in [4.78, 5) is 19.6. The van der Waals surface area contributed by atoms with Gasteiger partial charge in [0.1, 0.15) is 0 Å². The average molecular weight is 400 g/mol. The number of rotatable bonds is 8. The van der Waals surface area contributed by atoms with E-state index in [0.29, 0.717) is 28.0 Å². The van der Waals surface area contributed by atoms with Crippen molar-refractivity contribution in [3.05, 3.63) is 42.0 Å². The number of fused-ring (bicyclic) bond motifs is 1. The van der Waals surface area contributed by atoms with Crippen LogP contribution in [0, 0.1) is 0 Å². The van der Waals surface area contributed by atoms with Crippen LogP contribution in [0.25, 0.3) is 11.0 Å². The number of imidazole rings is 1. The van der Waals surface area contributed by atoms with Gasteiger partial charge in [-0.05, 0) is 24.3 Å². The first-order valence-corrected chi connectivity index (χ1v) is 9.32. The number of hydrogen-bond donors (Lipinski definition) is 2. The van der Waals surface area contributed by atoms with E-state index < -0.39 is 0 Å². The number of H-pyrrole nitrogens is 1. The fourth-order valence-electron chi connectivity index (χ4n) is 2.52. The lowest BCUT2D eigenvalue weighted by molar-refractivity contribution is -0.118. The van der Waals surface area contributed by atoms with Gasteiger partial charge in [-0.25, -0.2) is 10.4 Å². The number of amides is 1. The lowest BCUT2D eigenvalue weighted by atomic mass is 10.2. The van der Waals surface area contributed by atoms with Crippen LogP contribution in [0.4, 0.5) is 0 Å². The predicted octanol–water partition coefficient (Wildman–Crippen LogP) is 2.83. The molecule has 3 rings (SSSR count). The molecule has 0 saturated heterocycles. The Morgan fingerprint density at radius 3 is 2.54 bits per heavy atom. The van der Waals surface area contributed by atoms with Crippen LogP contribution in [0.2, 0.25) is 0 Å². The van der Waals surface area contributed by atoms with E-state index in [-0.39, 0.29) is 11.7 Å². The van der Waals surface area contributed by atoms with Crippen LogP contribution in [-0.2, 0) is 4.79 Å². The highest BCUT2D eigenvalue weighted by Crippen LogP contribution is 2.37. The summed E-state index contributed by atoms with van der Waals surface area (Å²) in [5.74, 6) is 1.46. The fourth-order valence-corrected chi connectivity index (χ4v) is 3.20. The molecule has 0 fully saturated rings. The third kappa shape index (κ3) is 4.55. The first-order valence-electron chi connectivity index (χ1n) is 8.34. The number of nitrogens with one attached hydrogen (secondary N) is 2. The zero-order chi connectivity index (χ0) is 19.9. The van der Waals surface area contributed by atoms with Crippen LogP contribution in [0.15, 0.2) is 46.7 Å². The largest absolute Gasteiger partial charge is 0.493 e. The van der Waals surface area contributed by atoms with E-state index in [0.717, 1.165) is 11.0 Å². The highest BCUT2D eigenvalue weighted by atomic mass is 32.2. The Labute approximate surface area is 166 Å². The Balaban J connectivity index is 1.58. The van der Waals surface area contributed by atoms with E-state index >= 15 is 0 Å². The van der Waals surface area contributed by atoms with Crippen molar-refractivity contribution in [1.82, 2.24) is 15.4 Å². The van der Waals surface area contributed by atoms with Gasteiger partial charge in [-0.15, -0.1) is 0 Å². The van der Waals surface area contributed by atoms with Crippen molar-refractivity contribution in [2.24, 2.45) is 5.10 Å². The van der Waals surface area contributed by atoms with E-state index in [1.165, 1.54) is 39.3 Å². The summed E-state index contributed by atoms with van der Waals surface area (Å²) >= 11 is 1.31. The molecule has 0 radical (unpaired) electrons. The highest BCUT2D eigenvalue weighted by molar-refractivity contribution is 7.99. The summed E-state index contributed by atoms with van der Waals surface area (Å²) in [6, 6.07) is 11.2. The lowest BCUT2D eigenvalue weighted by Crippen LogP contribution is -2.19. The van der Waals surface area contributed by atoms with Crippen molar-refractivity contribution in [3.8, 4) is 17.2 Å². The van der Waals surface area contributed by atoms with Crippen LogP contribution in [0.5, 0.6) is 17.2 Å². The molecule has 0 aliphatic carbocycles. The van der Waals surface area contributed by atoms with Gasteiger partial charge in [-0.3, -0.25) is 4.79 Å². The van der Waals surface area contributed by atoms with Crippen molar-refractivity contribution in [2.75, 3.05) is 27.1 Å². The molecule has 0 spiro atoms. The third-order valence-electron chi connectivity index (χ3n) is 3.80. The first-order chi connectivity index (χ1) is 13.6. The molecule has 28 heavy (non-hydrogen) atoms. The van der Waals surface area contributed by atoms with Gasteiger partial charge in [0.15, 0.2) is 16.7 Å². The SMILES string of the molecule is COc1cc(/C=N\NC(=O)CSc2nc3ccccc3[nH]2)cc(OC)c1OC. The summed E-state index contributed by atoms with van der Waals surface area (Å²) in [6.07, 6.45) is 1.51. The summed E-state index contributed by atoms with van der Waals surface area (Å²) in [5.41, 5.74) is 4.99. The summed E-state index contributed by atoms with van der Waals surface area (Å²) < 4.78 is 15.9. The molecular formula is C19H20N4O4S. The average Bonchev–Trinajstić information content (AvgIpc) is 3.14. The molecule has 146 valence electrons. The number of aromatic nitrogens is 2. The third-order valence-corrected chi connectivity index (χ3v) is 4.67. The number of hydrogen-bond acceptors (Lipinski definition) is 7. The van der Waals surface area contributed by atoms with Crippen LogP contribution < -0.4 is 19.6 Å². The standard InChI is InChI=1S/C19H20N4O4S/c1-25-15-8-12(9-16(26-2)18(15)27-3)10-20-23-17(24)11-28-19-21-13-6-4-5-7-14(13)22-19/h4-10H,11H2,1-3H3,(H,21,22)(H,23,24)/b20-10-. The number of para-hydroxylation sites is 2. The molecule has 9 heteroatoms. The molecule has 0 saturated carbocycles. The molecule has 0 aliphatic heterocycles. The van der Waals surface area contributed by atoms with Crippen molar-refractivity contribution >= 4 is 34.9 Å². The molecule has 3 aromatic rings. The van der Waals surface area contributed by atoms with E-state index in [1.54, 1.807) is 12.1 Å². The van der Waals surface area contributed by atoms with Crippen molar-refractivity contribution in [1.29, 1.82) is 0 Å². The Bertz CT molecular complexity index is 945. The number of carbonyl (C=O) groups is 1. The molecule has 2 N–H and O–H groups in total. The minimum atomic E-state index is -0.242. The normalized spacial score (nSPS) is 11.0. The van der Waals surface area contributed by atoms with Gasteiger partial charge in [0.05, 0.1) is 44.3 Å². The number of thioether (sulfide) groups is 1. The number of carbonyl (C=O) groups excluding carboxylic acids is 1. The van der Waals surface area contributed by atoms with Crippen molar-refractivity contribution < 1.29 is 19.0 Å². The second kappa shape index (κ2) is 9.14. The molecule has 0 atom stereocenters. The van der Waals surface area contributed by atoms with Gasteiger partial charge >= 0.3 is 0 Å². The minimum Gasteiger partial charge on any atom is -0.493 e. The van der Waals surface area contributed by atoms with Gasteiger partial charge in [0, 0.05) is 5.56 Å². The maximum absolute atomic E-state index is 12.0. The minimum absolute atomic E-state index is 0.187. The lowest BCUT2D eigenvalue weighted by Gasteiger charge is -2.12. The van der Waals surface area contributed by atoms with Crippen LogP contribution in [0.3, 0.4) is 0 Å². The molecule has 0 unspecified atom stereocenters. The second-order valence-electron chi connectivity index (χ2n) is 5.60. The Kier molecular flexibility index (Phi) is 6.38. The molecule has 2 aromatic carbocycles. The number of methoxy groups -OCH3 is 3. The monoisotopic (exact) mass is 400 g/mol. The zero-order valence-electron chi connectivity index (χ0n) is 15.7. The highest BCUT2D eigenvalue weighted by Gasteiger charge is 2.12. The van der Waals surface area contributed by atoms with Crippen LogP contribution in [0.1, 0.15) is 5.56 Å². The summed E-state index contributed by atoms with van der Waals surface area (Å²) in [5, 5.41) is 4.67. The molecule has 1 amide bonds.